The van der Waals surface area contributed by atoms with Gasteiger partial charge in [-0.2, -0.15) is 0 Å². The average molecular weight is 260 g/mol. The van der Waals surface area contributed by atoms with Crippen molar-refractivity contribution in [2.75, 3.05) is 19.8 Å². The SMILES string of the molecule is CCCCCCC=O.CCOCCC(=O)OCC. The van der Waals surface area contributed by atoms with Crippen LogP contribution in [0.25, 0.3) is 0 Å². The molecule has 0 unspecified atom stereocenters. The van der Waals surface area contributed by atoms with Crippen LogP contribution in [0.15, 0.2) is 0 Å². The molecule has 0 N–H and O–H groups in total. The largest absolute Gasteiger partial charge is 0.466 e. The van der Waals surface area contributed by atoms with Gasteiger partial charge >= 0.3 is 5.97 Å². The maximum atomic E-state index is 10.6. The first kappa shape index (κ1) is 19.4. The van der Waals surface area contributed by atoms with Gasteiger partial charge in [0.2, 0.25) is 0 Å². The highest BCUT2D eigenvalue weighted by atomic mass is 16.5. The molecule has 0 radical (unpaired) electrons. The second-order valence-electron chi connectivity index (χ2n) is 3.77. The summed E-state index contributed by atoms with van der Waals surface area (Å²) in [5.41, 5.74) is 0. The highest BCUT2D eigenvalue weighted by molar-refractivity contribution is 5.69. The summed E-state index contributed by atoms with van der Waals surface area (Å²) in [7, 11) is 0. The zero-order valence-electron chi connectivity index (χ0n) is 12.1. The third kappa shape index (κ3) is 20.5. The van der Waals surface area contributed by atoms with Crippen molar-refractivity contribution in [1.29, 1.82) is 0 Å². The Bertz CT molecular complexity index is 181. The molecule has 0 aliphatic carbocycles. The van der Waals surface area contributed by atoms with Gasteiger partial charge in [-0.25, -0.2) is 0 Å². The highest BCUT2D eigenvalue weighted by Crippen LogP contribution is 1.99. The van der Waals surface area contributed by atoms with Crippen LogP contribution in [0.3, 0.4) is 0 Å². The lowest BCUT2D eigenvalue weighted by Gasteiger charge is -2.00. The van der Waals surface area contributed by atoms with E-state index in [0.29, 0.717) is 26.2 Å². The van der Waals surface area contributed by atoms with Crippen molar-refractivity contribution in [3.63, 3.8) is 0 Å². The minimum Gasteiger partial charge on any atom is -0.466 e. The Labute approximate surface area is 111 Å². The second kappa shape index (κ2) is 18.5. The number of unbranched alkanes of at least 4 members (excludes halogenated alkanes) is 4. The van der Waals surface area contributed by atoms with E-state index in [0.717, 1.165) is 19.1 Å². The molecule has 0 aliphatic heterocycles. The van der Waals surface area contributed by atoms with Crippen LogP contribution in [0.5, 0.6) is 0 Å². The molecule has 0 spiro atoms. The minimum absolute atomic E-state index is 0.184. The minimum atomic E-state index is -0.184. The smallest absolute Gasteiger partial charge is 0.308 e. The third-order valence-electron chi connectivity index (χ3n) is 2.14. The summed E-state index contributed by atoms with van der Waals surface area (Å²) < 4.78 is 9.62. The van der Waals surface area contributed by atoms with Gasteiger partial charge in [-0.3, -0.25) is 4.79 Å². The van der Waals surface area contributed by atoms with E-state index in [1.54, 1.807) is 6.92 Å². The summed E-state index contributed by atoms with van der Waals surface area (Å²) >= 11 is 0. The molecular formula is C14H28O4. The predicted molar refractivity (Wildman–Crippen MR) is 72.6 cm³/mol. The van der Waals surface area contributed by atoms with Gasteiger partial charge in [0.15, 0.2) is 0 Å². The molecule has 0 aliphatic rings. The molecule has 0 aromatic rings. The highest BCUT2D eigenvalue weighted by Gasteiger charge is 1.98. The molecule has 4 heteroatoms. The fourth-order valence-electron chi connectivity index (χ4n) is 1.19. The Morgan fingerprint density at radius 3 is 2.28 bits per heavy atom. The lowest BCUT2D eigenvalue weighted by Crippen LogP contribution is -2.07. The van der Waals surface area contributed by atoms with Crippen LogP contribution >= 0.6 is 0 Å². The van der Waals surface area contributed by atoms with Crippen LogP contribution in [0.2, 0.25) is 0 Å². The van der Waals surface area contributed by atoms with Crippen molar-refractivity contribution in [1.82, 2.24) is 0 Å². The van der Waals surface area contributed by atoms with Crippen LogP contribution in [-0.4, -0.2) is 32.1 Å². The number of aldehydes is 1. The van der Waals surface area contributed by atoms with E-state index in [1.807, 2.05) is 6.92 Å². The lowest BCUT2D eigenvalue weighted by atomic mass is 10.2. The summed E-state index contributed by atoms with van der Waals surface area (Å²) in [4.78, 5) is 20.4. The molecule has 18 heavy (non-hydrogen) atoms. The number of hydrogen-bond donors (Lipinski definition) is 0. The van der Waals surface area contributed by atoms with Crippen molar-refractivity contribution >= 4 is 12.3 Å². The van der Waals surface area contributed by atoms with Gasteiger partial charge in [-0.1, -0.05) is 26.2 Å². The fraction of sp³-hybridized carbons (Fsp3) is 0.857. The third-order valence-corrected chi connectivity index (χ3v) is 2.14. The van der Waals surface area contributed by atoms with Gasteiger partial charge in [0.05, 0.1) is 19.6 Å². The zero-order valence-corrected chi connectivity index (χ0v) is 12.1. The quantitative estimate of drug-likeness (QED) is 0.344. The van der Waals surface area contributed by atoms with Crippen LogP contribution in [0.1, 0.15) is 59.3 Å². The van der Waals surface area contributed by atoms with Crippen molar-refractivity contribution in [2.24, 2.45) is 0 Å². The zero-order chi connectivity index (χ0) is 14.1. The summed E-state index contributed by atoms with van der Waals surface area (Å²) in [5, 5.41) is 0. The number of hydrogen-bond acceptors (Lipinski definition) is 4. The van der Waals surface area contributed by atoms with E-state index in [-0.39, 0.29) is 5.97 Å². The molecule has 0 fully saturated rings. The first-order valence-electron chi connectivity index (χ1n) is 6.89. The maximum Gasteiger partial charge on any atom is 0.308 e. The lowest BCUT2D eigenvalue weighted by molar-refractivity contribution is -0.144. The molecule has 0 rings (SSSR count). The first-order valence-corrected chi connectivity index (χ1v) is 6.89. The molecule has 0 amide bonds. The van der Waals surface area contributed by atoms with Gasteiger partial charge < -0.3 is 14.3 Å². The number of ether oxygens (including phenoxy) is 2. The summed E-state index contributed by atoms with van der Waals surface area (Å²) in [5.74, 6) is -0.184. The summed E-state index contributed by atoms with van der Waals surface area (Å²) in [6.07, 6.45) is 6.93. The molecule has 108 valence electrons. The van der Waals surface area contributed by atoms with Gasteiger partial charge in [0, 0.05) is 13.0 Å². The number of carbonyl (C=O) groups is 2. The Morgan fingerprint density at radius 1 is 1.06 bits per heavy atom. The average Bonchev–Trinajstić information content (AvgIpc) is 2.36. The van der Waals surface area contributed by atoms with Crippen LogP contribution in [-0.2, 0) is 19.1 Å². The van der Waals surface area contributed by atoms with Gasteiger partial charge in [0.25, 0.3) is 0 Å². The van der Waals surface area contributed by atoms with E-state index < -0.39 is 0 Å². The molecule has 4 nitrogen and oxygen atoms in total. The molecule has 0 aromatic heterocycles. The second-order valence-corrected chi connectivity index (χ2v) is 3.77. The topological polar surface area (TPSA) is 52.6 Å². The molecule has 0 aromatic carbocycles. The van der Waals surface area contributed by atoms with E-state index in [4.69, 9.17) is 4.74 Å². The van der Waals surface area contributed by atoms with Gasteiger partial charge in [0.1, 0.15) is 6.29 Å². The van der Waals surface area contributed by atoms with Crippen LogP contribution < -0.4 is 0 Å². The van der Waals surface area contributed by atoms with E-state index in [2.05, 4.69) is 11.7 Å². The molecule has 0 saturated carbocycles. The Kier molecular flexibility index (Phi) is 19.9. The molecule has 0 atom stereocenters. The van der Waals surface area contributed by atoms with Crippen LogP contribution in [0, 0.1) is 0 Å². The normalized spacial score (nSPS) is 9.28. The molecule has 0 bridgehead atoms. The molecule has 0 saturated heterocycles. The maximum absolute atomic E-state index is 10.6. The Balaban J connectivity index is 0. The first-order chi connectivity index (χ1) is 8.72. The number of carbonyl (C=O) groups excluding carboxylic acids is 2. The van der Waals surface area contributed by atoms with Crippen molar-refractivity contribution in [2.45, 2.75) is 59.3 Å². The summed E-state index contributed by atoms with van der Waals surface area (Å²) in [6, 6.07) is 0. The van der Waals surface area contributed by atoms with E-state index in [1.165, 1.54) is 19.3 Å². The molecule has 0 heterocycles. The Hall–Kier alpha value is -0.900. The van der Waals surface area contributed by atoms with Gasteiger partial charge in [-0.05, 0) is 20.3 Å². The van der Waals surface area contributed by atoms with Crippen molar-refractivity contribution in [3.05, 3.63) is 0 Å². The monoisotopic (exact) mass is 260 g/mol. The van der Waals surface area contributed by atoms with Gasteiger partial charge in [-0.15, -0.1) is 0 Å². The number of esters is 1. The van der Waals surface area contributed by atoms with Crippen LogP contribution in [0.4, 0.5) is 0 Å². The van der Waals surface area contributed by atoms with Crippen molar-refractivity contribution in [3.8, 4) is 0 Å². The van der Waals surface area contributed by atoms with E-state index >= 15 is 0 Å². The summed E-state index contributed by atoms with van der Waals surface area (Å²) in [6.45, 7) is 7.42. The predicted octanol–water partition coefficient (Wildman–Crippen LogP) is 3.13. The standard InChI is InChI=1S/C7H14O3.C7H14O/c1-3-9-6-5-7(8)10-4-2;1-2-3-4-5-6-7-8/h3-6H2,1-2H3;7H,2-6H2,1H3. The van der Waals surface area contributed by atoms with E-state index in [9.17, 15) is 9.59 Å². The Morgan fingerprint density at radius 2 is 1.78 bits per heavy atom. The number of rotatable bonds is 10. The fourth-order valence-corrected chi connectivity index (χ4v) is 1.19. The molecular weight excluding hydrogens is 232 g/mol. The van der Waals surface area contributed by atoms with Crippen molar-refractivity contribution < 1.29 is 19.1 Å².